The summed E-state index contributed by atoms with van der Waals surface area (Å²) in [4.78, 5) is 13.9. The van der Waals surface area contributed by atoms with E-state index in [1.165, 1.54) is 32.3 Å². The third-order valence-electron chi connectivity index (χ3n) is 3.37. The number of hydrogen-bond acceptors (Lipinski definition) is 3. The molecule has 102 valence electrons. The van der Waals surface area contributed by atoms with E-state index >= 15 is 0 Å². The predicted molar refractivity (Wildman–Crippen MR) is 66.6 cm³/mol. The smallest absolute Gasteiger partial charge is 0.310 e. The van der Waals surface area contributed by atoms with Crippen LogP contribution in [0.15, 0.2) is 23.4 Å². The number of aromatic amines is 1. The van der Waals surface area contributed by atoms with Crippen molar-refractivity contribution in [3.05, 3.63) is 18.5 Å². The molecule has 1 heterocycles. The maximum Gasteiger partial charge on any atom is 0.310 e. The van der Waals surface area contributed by atoms with Gasteiger partial charge in [0.1, 0.15) is 0 Å². The van der Waals surface area contributed by atoms with Gasteiger partial charge in [0.15, 0.2) is 0 Å². The summed E-state index contributed by atoms with van der Waals surface area (Å²) in [7, 11) is -3.74. The molecule has 1 aromatic rings. The van der Waals surface area contributed by atoms with Crippen LogP contribution in [-0.2, 0) is 14.8 Å². The van der Waals surface area contributed by atoms with Crippen LogP contribution in [0.25, 0.3) is 0 Å². The molecule has 0 atom stereocenters. The van der Waals surface area contributed by atoms with Gasteiger partial charge in [-0.15, -0.1) is 0 Å². The van der Waals surface area contributed by atoms with Crippen molar-refractivity contribution in [2.45, 2.75) is 38.1 Å². The zero-order valence-electron chi connectivity index (χ0n) is 10.8. The van der Waals surface area contributed by atoms with E-state index in [-0.39, 0.29) is 4.90 Å². The van der Waals surface area contributed by atoms with Gasteiger partial charge in [-0.3, -0.25) is 4.79 Å². The molecular formula is C11H18N2O4S. The Morgan fingerprint density at radius 2 is 1.89 bits per heavy atom. The highest BCUT2D eigenvalue weighted by atomic mass is 32.2. The van der Waals surface area contributed by atoms with Crippen LogP contribution < -0.4 is 4.72 Å². The lowest BCUT2D eigenvalue weighted by Crippen LogP contribution is -2.56. The normalized spacial score (nSPS) is 13.6. The van der Waals surface area contributed by atoms with Crippen molar-refractivity contribution >= 4 is 16.0 Å². The van der Waals surface area contributed by atoms with Crippen molar-refractivity contribution < 1.29 is 18.3 Å². The van der Waals surface area contributed by atoms with Crippen LogP contribution in [-0.4, -0.2) is 30.0 Å². The molecule has 7 heteroatoms. The lowest BCUT2D eigenvalue weighted by molar-refractivity contribution is -0.150. The van der Waals surface area contributed by atoms with E-state index in [0.717, 1.165) is 0 Å². The first kappa shape index (κ1) is 14.7. The van der Waals surface area contributed by atoms with E-state index in [0.29, 0.717) is 0 Å². The zero-order valence-corrected chi connectivity index (χ0v) is 11.6. The number of carbonyl (C=O) groups is 1. The number of rotatable bonds is 5. The van der Waals surface area contributed by atoms with E-state index < -0.39 is 26.9 Å². The number of aromatic nitrogens is 1. The molecule has 0 saturated heterocycles. The molecule has 0 radical (unpaired) electrons. The second-order valence-corrected chi connectivity index (χ2v) is 6.89. The maximum absolute atomic E-state index is 12.1. The van der Waals surface area contributed by atoms with Gasteiger partial charge in [-0.2, -0.15) is 0 Å². The average molecular weight is 274 g/mol. The number of sulfonamides is 1. The lowest BCUT2D eigenvalue weighted by Gasteiger charge is -2.38. The summed E-state index contributed by atoms with van der Waals surface area (Å²) in [6.45, 7) is 6.06. The summed E-state index contributed by atoms with van der Waals surface area (Å²) in [5, 5.41) is 9.16. The highest BCUT2D eigenvalue weighted by Crippen LogP contribution is 2.32. The average Bonchev–Trinajstić information content (AvgIpc) is 2.68. The van der Waals surface area contributed by atoms with Crippen LogP contribution in [0.2, 0.25) is 0 Å². The molecule has 0 saturated carbocycles. The summed E-state index contributed by atoms with van der Waals surface area (Å²) in [5.74, 6) is -1.07. The molecule has 0 bridgehead atoms. The molecule has 3 N–H and O–H groups in total. The number of hydrogen-bond donors (Lipinski definition) is 3. The van der Waals surface area contributed by atoms with Crippen molar-refractivity contribution in [2.24, 2.45) is 5.41 Å². The van der Waals surface area contributed by atoms with Crippen LogP contribution in [0.3, 0.4) is 0 Å². The van der Waals surface area contributed by atoms with Gasteiger partial charge in [0, 0.05) is 17.9 Å². The van der Waals surface area contributed by atoms with Gasteiger partial charge >= 0.3 is 5.97 Å². The molecule has 18 heavy (non-hydrogen) atoms. The van der Waals surface area contributed by atoms with Crippen LogP contribution in [0.4, 0.5) is 0 Å². The lowest BCUT2D eigenvalue weighted by atomic mass is 9.75. The number of carboxylic acids is 1. The van der Waals surface area contributed by atoms with Crippen molar-refractivity contribution in [1.29, 1.82) is 0 Å². The maximum atomic E-state index is 12.1. The summed E-state index contributed by atoms with van der Waals surface area (Å²) in [6.07, 6.45) is 2.83. The Balaban J connectivity index is 3.08. The van der Waals surface area contributed by atoms with Gasteiger partial charge in [0.05, 0.1) is 10.3 Å². The molecule has 0 unspecified atom stereocenters. The topological polar surface area (TPSA) is 99.3 Å². The van der Waals surface area contributed by atoms with Gasteiger partial charge in [0.25, 0.3) is 0 Å². The number of carboxylic acid groups (broad SMARTS) is 1. The molecule has 0 amide bonds. The molecular weight excluding hydrogens is 256 g/mol. The summed E-state index contributed by atoms with van der Waals surface area (Å²) in [6, 6.07) is 1.41. The highest BCUT2D eigenvalue weighted by Gasteiger charge is 2.45. The zero-order chi connectivity index (χ0) is 14.2. The summed E-state index contributed by atoms with van der Waals surface area (Å²) >= 11 is 0. The predicted octanol–water partition coefficient (Wildman–Crippen LogP) is 1.18. The fourth-order valence-corrected chi connectivity index (χ4v) is 2.78. The molecule has 0 aromatic carbocycles. The van der Waals surface area contributed by atoms with Crippen molar-refractivity contribution in [3.8, 4) is 0 Å². The fraction of sp³-hybridized carbons (Fsp3) is 0.545. The minimum Gasteiger partial charge on any atom is -0.481 e. The van der Waals surface area contributed by atoms with Crippen molar-refractivity contribution in [1.82, 2.24) is 9.71 Å². The van der Waals surface area contributed by atoms with Crippen molar-refractivity contribution in [2.75, 3.05) is 0 Å². The summed E-state index contributed by atoms with van der Waals surface area (Å²) < 4.78 is 26.5. The second kappa shape index (κ2) is 4.40. The van der Waals surface area contributed by atoms with Gasteiger partial charge in [-0.05, 0) is 33.8 Å². The SMILES string of the molecule is CC(C)(NS(=O)(=O)c1cc[nH]c1)C(C)(C)C(=O)O. The third-order valence-corrected chi connectivity index (χ3v) is 5.02. The Labute approximate surface area is 106 Å². The minimum absolute atomic E-state index is 0.0803. The minimum atomic E-state index is -3.74. The standard InChI is InChI=1S/C11H18N2O4S/c1-10(2,9(14)15)11(3,4)13-18(16,17)8-5-6-12-7-8/h5-7,12-13H,1-4H3,(H,14,15). The van der Waals surface area contributed by atoms with Crippen molar-refractivity contribution in [3.63, 3.8) is 0 Å². The van der Waals surface area contributed by atoms with Crippen LogP contribution in [0.5, 0.6) is 0 Å². The monoisotopic (exact) mass is 274 g/mol. The van der Waals surface area contributed by atoms with Gasteiger partial charge < -0.3 is 10.1 Å². The molecule has 0 spiro atoms. The van der Waals surface area contributed by atoms with E-state index in [2.05, 4.69) is 9.71 Å². The molecule has 0 aliphatic heterocycles. The van der Waals surface area contributed by atoms with Gasteiger partial charge in [-0.1, -0.05) is 0 Å². The number of aliphatic carboxylic acids is 1. The number of H-pyrrole nitrogens is 1. The highest BCUT2D eigenvalue weighted by molar-refractivity contribution is 7.89. The first-order chi connectivity index (χ1) is 8.01. The Bertz CT molecular complexity index is 529. The quantitative estimate of drug-likeness (QED) is 0.750. The van der Waals surface area contributed by atoms with Gasteiger partial charge in [0.2, 0.25) is 10.0 Å². The molecule has 6 nitrogen and oxygen atoms in total. The van der Waals surface area contributed by atoms with E-state index in [1.54, 1.807) is 13.8 Å². The Morgan fingerprint density at radius 1 is 1.33 bits per heavy atom. The molecule has 1 rings (SSSR count). The summed E-state index contributed by atoms with van der Waals surface area (Å²) in [5.41, 5.74) is -2.37. The second-order valence-electron chi connectivity index (χ2n) is 5.21. The molecule has 1 aromatic heterocycles. The fourth-order valence-electron chi connectivity index (χ4n) is 1.27. The first-order valence-corrected chi connectivity index (χ1v) is 6.89. The third kappa shape index (κ3) is 2.56. The van der Waals surface area contributed by atoms with Crippen LogP contribution in [0.1, 0.15) is 27.7 Å². The Kier molecular flexibility index (Phi) is 3.60. The Morgan fingerprint density at radius 3 is 2.28 bits per heavy atom. The molecule has 0 aliphatic carbocycles. The van der Waals surface area contributed by atoms with Gasteiger partial charge in [-0.25, -0.2) is 13.1 Å². The van der Waals surface area contributed by atoms with Crippen LogP contribution >= 0.6 is 0 Å². The number of nitrogens with one attached hydrogen (secondary N) is 2. The molecule has 0 fully saturated rings. The Hall–Kier alpha value is -1.34. The largest absolute Gasteiger partial charge is 0.481 e. The first-order valence-electron chi connectivity index (χ1n) is 5.41. The molecule has 0 aliphatic rings. The van der Waals surface area contributed by atoms with E-state index in [9.17, 15) is 13.2 Å². The van der Waals surface area contributed by atoms with E-state index in [4.69, 9.17) is 5.11 Å². The van der Waals surface area contributed by atoms with Crippen LogP contribution in [0, 0.1) is 5.41 Å². The van der Waals surface area contributed by atoms with E-state index in [1.807, 2.05) is 0 Å².